The number of hydrogen-bond acceptors (Lipinski definition) is 4. The fourth-order valence-corrected chi connectivity index (χ4v) is 2.25. The Morgan fingerprint density at radius 1 is 1.47 bits per heavy atom. The van der Waals surface area contributed by atoms with Crippen LogP contribution in [-0.2, 0) is 4.74 Å². The lowest BCUT2D eigenvalue weighted by Gasteiger charge is -2.19. The fraction of sp³-hybridized carbons (Fsp3) is 0.600. The van der Waals surface area contributed by atoms with E-state index < -0.39 is 6.10 Å². The van der Waals surface area contributed by atoms with E-state index in [1.807, 2.05) is 31.2 Å². The van der Waals surface area contributed by atoms with Crippen molar-refractivity contribution in [3.63, 3.8) is 0 Å². The Morgan fingerprint density at radius 3 is 2.95 bits per heavy atom. The van der Waals surface area contributed by atoms with Gasteiger partial charge < -0.3 is 19.9 Å². The van der Waals surface area contributed by atoms with E-state index in [1.165, 1.54) is 0 Å². The summed E-state index contributed by atoms with van der Waals surface area (Å²) in [6.07, 6.45) is 0.726. The first-order chi connectivity index (χ1) is 9.16. The molecule has 0 radical (unpaired) electrons. The maximum Gasteiger partial charge on any atom is 0.122 e. The maximum atomic E-state index is 9.92. The Bertz CT molecular complexity index is 397. The summed E-state index contributed by atoms with van der Waals surface area (Å²) >= 11 is 0. The van der Waals surface area contributed by atoms with Crippen molar-refractivity contribution < 1.29 is 14.6 Å². The SMILES string of the molecule is Cc1ccccc1OCC(O)CNC1CCOC1C. The summed E-state index contributed by atoms with van der Waals surface area (Å²) < 4.78 is 11.1. The van der Waals surface area contributed by atoms with Gasteiger partial charge >= 0.3 is 0 Å². The molecule has 1 saturated heterocycles. The first-order valence-corrected chi connectivity index (χ1v) is 6.88. The molecule has 1 aromatic rings. The molecule has 3 unspecified atom stereocenters. The molecular weight excluding hydrogens is 242 g/mol. The number of hydrogen-bond donors (Lipinski definition) is 2. The molecule has 0 amide bonds. The average Bonchev–Trinajstić information content (AvgIpc) is 2.81. The molecule has 4 heteroatoms. The third kappa shape index (κ3) is 4.20. The third-order valence-electron chi connectivity index (χ3n) is 3.52. The summed E-state index contributed by atoms with van der Waals surface area (Å²) in [6.45, 7) is 5.69. The number of nitrogens with one attached hydrogen (secondary N) is 1. The predicted octanol–water partition coefficient (Wildman–Crippen LogP) is 1.50. The van der Waals surface area contributed by atoms with Gasteiger partial charge in [-0.25, -0.2) is 0 Å². The van der Waals surface area contributed by atoms with E-state index >= 15 is 0 Å². The Kier molecular flexibility index (Phi) is 5.19. The number of aliphatic hydroxyl groups excluding tert-OH is 1. The molecule has 0 saturated carbocycles. The van der Waals surface area contributed by atoms with Crippen molar-refractivity contribution >= 4 is 0 Å². The smallest absolute Gasteiger partial charge is 0.122 e. The molecule has 1 aromatic carbocycles. The fourth-order valence-electron chi connectivity index (χ4n) is 2.25. The molecule has 1 fully saturated rings. The second-order valence-electron chi connectivity index (χ2n) is 5.11. The van der Waals surface area contributed by atoms with E-state index in [4.69, 9.17) is 9.47 Å². The highest BCUT2D eigenvalue weighted by Crippen LogP contribution is 2.16. The Labute approximate surface area is 114 Å². The molecule has 1 aliphatic rings. The largest absolute Gasteiger partial charge is 0.491 e. The van der Waals surface area contributed by atoms with E-state index in [9.17, 15) is 5.11 Å². The zero-order valence-corrected chi connectivity index (χ0v) is 11.6. The van der Waals surface area contributed by atoms with Crippen LogP contribution in [0, 0.1) is 6.92 Å². The molecule has 3 atom stereocenters. The van der Waals surface area contributed by atoms with Crippen molar-refractivity contribution in [2.45, 2.75) is 38.5 Å². The molecule has 106 valence electrons. The summed E-state index contributed by atoms with van der Waals surface area (Å²) in [5.74, 6) is 0.833. The Hall–Kier alpha value is -1.10. The average molecular weight is 265 g/mol. The highest BCUT2D eigenvalue weighted by Gasteiger charge is 2.24. The van der Waals surface area contributed by atoms with Gasteiger partial charge in [0.15, 0.2) is 0 Å². The summed E-state index contributed by atoms with van der Waals surface area (Å²) in [5, 5.41) is 13.2. The lowest BCUT2D eigenvalue weighted by atomic mass is 10.1. The van der Waals surface area contributed by atoms with Crippen LogP contribution < -0.4 is 10.1 Å². The van der Waals surface area contributed by atoms with Crippen molar-refractivity contribution in [1.82, 2.24) is 5.32 Å². The van der Waals surface area contributed by atoms with Gasteiger partial charge in [-0.15, -0.1) is 0 Å². The van der Waals surface area contributed by atoms with Crippen LogP contribution in [0.1, 0.15) is 18.9 Å². The second kappa shape index (κ2) is 6.89. The zero-order chi connectivity index (χ0) is 13.7. The van der Waals surface area contributed by atoms with Gasteiger partial charge in [0.1, 0.15) is 18.5 Å². The number of para-hydroxylation sites is 1. The molecule has 4 nitrogen and oxygen atoms in total. The maximum absolute atomic E-state index is 9.92. The molecule has 19 heavy (non-hydrogen) atoms. The highest BCUT2D eigenvalue weighted by atomic mass is 16.5. The monoisotopic (exact) mass is 265 g/mol. The summed E-state index contributed by atoms with van der Waals surface area (Å²) in [7, 11) is 0. The van der Waals surface area contributed by atoms with Gasteiger partial charge in [-0.3, -0.25) is 0 Å². The van der Waals surface area contributed by atoms with Crippen LogP contribution in [0.15, 0.2) is 24.3 Å². The van der Waals surface area contributed by atoms with Crippen LogP contribution in [0.4, 0.5) is 0 Å². The molecule has 2 rings (SSSR count). The minimum Gasteiger partial charge on any atom is -0.491 e. The molecule has 2 N–H and O–H groups in total. The quantitative estimate of drug-likeness (QED) is 0.818. The molecule has 0 aliphatic carbocycles. The molecule has 1 heterocycles. The topological polar surface area (TPSA) is 50.7 Å². The molecule has 0 spiro atoms. The molecule has 1 aliphatic heterocycles. The van der Waals surface area contributed by atoms with E-state index in [-0.39, 0.29) is 6.10 Å². The second-order valence-corrected chi connectivity index (χ2v) is 5.11. The number of rotatable bonds is 6. The molecule has 0 bridgehead atoms. The van der Waals surface area contributed by atoms with Crippen LogP contribution in [0.5, 0.6) is 5.75 Å². The first-order valence-electron chi connectivity index (χ1n) is 6.88. The van der Waals surface area contributed by atoms with Gasteiger partial charge in [0.05, 0.1) is 6.10 Å². The van der Waals surface area contributed by atoms with Gasteiger partial charge in [0.2, 0.25) is 0 Å². The third-order valence-corrected chi connectivity index (χ3v) is 3.52. The van der Waals surface area contributed by atoms with E-state index in [1.54, 1.807) is 0 Å². The molecule has 0 aromatic heterocycles. The van der Waals surface area contributed by atoms with Crippen molar-refractivity contribution in [3.05, 3.63) is 29.8 Å². The minimum absolute atomic E-state index is 0.226. The van der Waals surface area contributed by atoms with Crippen LogP contribution >= 0.6 is 0 Å². The van der Waals surface area contributed by atoms with Gasteiger partial charge in [-0.2, -0.15) is 0 Å². The summed E-state index contributed by atoms with van der Waals surface area (Å²) in [6, 6.07) is 8.17. The van der Waals surface area contributed by atoms with Crippen LogP contribution in [-0.4, -0.2) is 43.1 Å². The lowest BCUT2D eigenvalue weighted by Crippen LogP contribution is -2.41. The van der Waals surface area contributed by atoms with Crippen molar-refractivity contribution in [2.75, 3.05) is 19.8 Å². The van der Waals surface area contributed by atoms with Crippen LogP contribution in [0.25, 0.3) is 0 Å². The predicted molar refractivity (Wildman–Crippen MR) is 74.5 cm³/mol. The summed E-state index contributed by atoms with van der Waals surface area (Å²) in [5.41, 5.74) is 1.08. The number of aryl methyl sites for hydroxylation is 1. The standard InChI is InChI=1S/C15H23NO3/c1-11-5-3-4-6-15(11)19-10-13(17)9-16-14-7-8-18-12(14)2/h3-6,12-14,16-17H,7-10H2,1-2H3. The van der Waals surface area contributed by atoms with E-state index in [2.05, 4.69) is 12.2 Å². The van der Waals surface area contributed by atoms with E-state index in [0.717, 1.165) is 24.3 Å². The minimum atomic E-state index is -0.507. The van der Waals surface area contributed by atoms with Crippen molar-refractivity contribution in [2.24, 2.45) is 0 Å². The van der Waals surface area contributed by atoms with Gasteiger partial charge in [0, 0.05) is 19.2 Å². The van der Waals surface area contributed by atoms with Crippen LogP contribution in [0.3, 0.4) is 0 Å². The Balaban J connectivity index is 1.70. The van der Waals surface area contributed by atoms with Gasteiger partial charge in [-0.1, -0.05) is 18.2 Å². The van der Waals surface area contributed by atoms with Crippen molar-refractivity contribution in [3.8, 4) is 5.75 Å². The summed E-state index contributed by atoms with van der Waals surface area (Å²) in [4.78, 5) is 0. The van der Waals surface area contributed by atoms with Crippen LogP contribution in [0.2, 0.25) is 0 Å². The zero-order valence-electron chi connectivity index (χ0n) is 11.6. The van der Waals surface area contributed by atoms with E-state index in [0.29, 0.717) is 19.2 Å². The Morgan fingerprint density at radius 2 is 2.26 bits per heavy atom. The number of aliphatic hydroxyl groups is 1. The normalized spacial score (nSPS) is 24.4. The molecular formula is C15H23NO3. The lowest BCUT2D eigenvalue weighted by molar-refractivity contribution is 0.0895. The van der Waals surface area contributed by atoms with Gasteiger partial charge in [-0.05, 0) is 31.9 Å². The first kappa shape index (κ1) is 14.3. The van der Waals surface area contributed by atoms with Crippen molar-refractivity contribution in [1.29, 1.82) is 0 Å². The number of ether oxygens (including phenoxy) is 2. The highest BCUT2D eigenvalue weighted by molar-refractivity contribution is 5.31. The number of benzene rings is 1. The van der Waals surface area contributed by atoms with Gasteiger partial charge in [0.25, 0.3) is 0 Å².